The van der Waals surface area contributed by atoms with Gasteiger partial charge < -0.3 is 10.0 Å². The van der Waals surface area contributed by atoms with E-state index in [9.17, 15) is 9.90 Å². The van der Waals surface area contributed by atoms with Crippen LogP contribution in [0.15, 0.2) is 12.1 Å². The summed E-state index contributed by atoms with van der Waals surface area (Å²) in [5.41, 5.74) is 0.835. The lowest BCUT2D eigenvalue weighted by atomic mass is 9.90. The molecule has 4 heteroatoms. The van der Waals surface area contributed by atoms with Gasteiger partial charge in [0, 0.05) is 23.7 Å². The standard InChI is InChI=1S/C16H26N2O2/c1-8-16(5,6)18(7)13-10-11(14(19)20)9-12(17-13)15(2,3)4/h9-10H,8H2,1-7H3,(H,19,20). The summed E-state index contributed by atoms with van der Waals surface area (Å²) in [7, 11) is 1.96. The average Bonchev–Trinajstić information content (AvgIpc) is 2.36. The molecule has 0 unspecified atom stereocenters. The van der Waals surface area contributed by atoms with E-state index in [1.807, 2.05) is 27.8 Å². The number of aromatic nitrogens is 1. The van der Waals surface area contributed by atoms with Crippen molar-refractivity contribution in [2.75, 3.05) is 11.9 Å². The Labute approximate surface area is 121 Å². The molecule has 1 N–H and O–H groups in total. The van der Waals surface area contributed by atoms with Gasteiger partial charge in [-0.3, -0.25) is 0 Å². The number of carboxylic acids is 1. The molecule has 112 valence electrons. The fourth-order valence-corrected chi connectivity index (χ4v) is 1.74. The number of nitrogens with zero attached hydrogens (tertiary/aromatic N) is 2. The molecule has 0 saturated heterocycles. The summed E-state index contributed by atoms with van der Waals surface area (Å²) in [5, 5.41) is 9.29. The number of anilines is 1. The summed E-state index contributed by atoms with van der Waals surface area (Å²) >= 11 is 0. The molecule has 0 saturated carbocycles. The number of hydrogen-bond donors (Lipinski definition) is 1. The van der Waals surface area contributed by atoms with Crippen LogP contribution in [0.5, 0.6) is 0 Å². The molecule has 1 heterocycles. The molecule has 0 atom stereocenters. The topological polar surface area (TPSA) is 53.4 Å². The van der Waals surface area contributed by atoms with Gasteiger partial charge >= 0.3 is 5.97 Å². The van der Waals surface area contributed by atoms with Crippen LogP contribution >= 0.6 is 0 Å². The molecule has 0 aliphatic carbocycles. The predicted molar refractivity (Wildman–Crippen MR) is 82.7 cm³/mol. The van der Waals surface area contributed by atoms with Crippen molar-refractivity contribution in [2.24, 2.45) is 0 Å². The van der Waals surface area contributed by atoms with Gasteiger partial charge in [-0.1, -0.05) is 27.7 Å². The lowest BCUT2D eigenvalue weighted by molar-refractivity contribution is 0.0696. The van der Waals surface area contributed by atoms with Gasteiger partial charge in [-0.2, -0.15) is 0 Å². The van der Waals surface area contributed by atoms with Crippen LogP contribution in [0.25, 0.3) is 0 Å². The Morgan fingerprint density at radius 2 is 1.80 bits per heavy atom. The third-order valence-corrected chi connectivity index (χ3v) is 3.94. The molecule has 0 aromatic carbocycles. The summed E-state index contributed by atoms with van der Waals surface area (Å²) in [6, 6.07) is 3.31. The van der Waals surface area contributed by atoms with Gasteiger partial charge in [-0.25, -0.2) is 9.78 Å². The van der Waals surface area contributed by atoms with E-state index in [-0.39, 0.29) is 11.0 Å². The third-order valence-electron chi connectivity index (χ3n) is 3.94. The molecule has 0 radical (unpaired) electrons. The maximum absolute atomic E-state index is 11.3. The van der Waals surface area contributed by atoms with E-state index in [1.54, 1.807) is 12.1 Å². The zero-order valence-corrected chi connectivity index (χ0v) is 13.6. The maximum atomic E-state index is 11.3. The van der Waals surface area contributed by atoms with Gasteiger partial charge in [0.2, 0.25) is 0 Å². The molecule has 0 fully saturated rings. The molecule has 20 heavy (non-hydrogen) atoms. The van der Waals surface area contributed by atoms with Crippen molar-refractivity contribution < 1.29 is 9.90 Å². The van der Waals surface area contributed by atoms with Gasteiger partial charge in [-0.15, -0.1) is 0 Å². The van der Waals surface area contributed by atoms with Crippen molar-refractivity contribution in [1.29, 1.82) is 0 Å². The van der Waals surface area contributed by atoms with Crippen LogP contribution in [0, 0.1) is 0 Å². The lowest BCUT2D eigenvalue weighted by Crippen LogP contribution is -2.41. The Bertz CT molecular complexity index is 502. The highest BCUT2D eigenvalue weighted by Crippen LogP contribution is 2.28. The van der Waals surface area contributed by atoms with Crippen LogP contribution in [0.1, 0.15) is 64.0 Å². The Morgan fingerprint density at radius 1 is 1.25 bits per heavy atom. The number of hydrogen-bond acceptors (Lipinski definition) is 3. The molecule has 0 bridgehead atoms. The van der Waals surface area contributed by atoms with Gasteiger partial charge in [0.25, 0.3) is 0 Å². The Morgan fingerprint density at radius 3 is 2.20 bits per heavy atom. The van der Waals surface area contributed by atoms with E-state index in [1.165, 1.54) is 0 Å². The molecular formula is C16H26N2O2. The SMILES string of the molecule is CCC(C)(C)N(C)c1cc(C(=O)O)cc(C(C)(C)C)n1. The van der Waals surface area contributed by atoms with Crippen LogP contribution in [0.2, 0.25) is 0 Å². The largest absolute Gasteiger partial charge is 0.478 e. The van der Waals surface area contributed by atoms with Crippen LogP contribution in [0.3, 0.4) is 0 Å². The van der Waals surface area contributed by atoms with Gasteiger partial charge in [-0.05, 0) is 32.4 Å². The second-order valence-corrected chi connectivity index (χ2v) is 6.88. The number of carbonyl (C=O) groups is 1. The van der Waals surface area contributed by atoms with E-state index in [2.05, 4.69) is 30.7 Å². The zero-order chi connectivity index (χ0) is 15.7. The van der Waals surface area contributed by atoms with Gasteiger partial charge in [0.15, 0.2) is 0 Å². The first-order valence-corrected chi connectivity index (χ1v) is 6.98. The molecule has 0 amide bonds. The molecule has 1 aromatic rings. The quantitative estimate of drug-likeness (QED) is 0.912. The highest BCUT2D eigenvalue weighted by atomic mass is 16.4. The smallest absolute Gasteiger partial charge is 0.335 e. The first kappa shape index (κ1) is 16.5. The Kier molecular flexibility index (Phi) is 4.47. The minimum atomic E-state index is -0.915. The first-order chi connectivity index (χ1) is 8.99. The van der Waals surface area contributed by atoms with Crippen LogP contribution in [-0.4, -0.2) is 28.6 Å². The fourth-order valence-electron chi connectivity index (χ4n) is 1.74. The number of aromatic carboxylic acids is 1. The van der Waals surface area contributed by atoms with Crippen molar-refractivity contribution in [3.8, 4) is 0 Å². The highest BCUT2D eigenvalue weighted by molar-refractivity contribution is 5.88. The summed E-state index contributed by atoms with van der Waals surface area (Å²) in [5.74, 6) is -0.205. The van der Waals surface area contributed by atoms with Crippen LogP contribution in [-0.2, 0) is 5.41 Å². The number of carboxylic acid groups (broad SMARTS) is 1. The van der Waals surface area contributed by atoms with Crippen molar-refractivity contribution in [3.05, 3.63) is 23.4 Å². The summed E-state index contributed by atoms with van der Waals surface area (Å²) < 4.78 is 0. The third kappa shape index (κ3) is 3.50. The molecule has 4 nitrogen and oxygen atoms in total. The summed E-state index contributed by atoms with van der Waals surface area (Å²) in [6.07, 6.45) is 0.952. The minimum absolute atomic E-state index is 0.0702. The molecule has 0 aliphatic heterocycles. The second kappa shape index (κ2) is 5.43. The maximum Gasteiger partial charge on any atom is 0.335 e. The van der Waals surface area contributed by atoms with Crippen LogP contribution < -0.4 is 4.90 Å². The fraction of sp³-hybridized carbons (Fsp3) is 0.625. The number of pyridine rings is 1. The van der Waals surface area contributed by atoms with Crippen molar-refractivity contribution in [3.63, 3.8) is 0 Å². The molecule has 0 aliphatic rings. The number of rotatable bonds is 4. The van der Waals surface area contributed by atoms with Gasteiger partial charge in [0.05, 0.1) is 5.56 Å². The first-order valence-electron chi connectivity index (χ1n) is 6.98. The van der Waals surface area contributed by atoms with Gasteiger partial charge in [0.1, 0.15) is 5.82 Å². The van der Waals surface area contributed by atoms with Crippen LogP contribution in [0.4, 0.5) is 5.82 Å². The predicted octanol–water partition coefficient (Wildman–Crippen LogP) is 3.70. The van der Waals surface area contributed by atoms with E-state index >= 15 is 0 Å². The van der Waals surface area contributed by atoms with E-state index < -0.39 is 5.97 Å². The monoisotopic (exact) mass is 278 g/mol. The Hall–Kier alpha value is -1.58. The summed E-state index contributed by atoms with van der Waals surface area (Å²) in [4.78, 5) is 18.0. The molecule has 1 aromatic heterocycles. The second-order valence-electron chi connectivity index (χ2n) is 6.88. The zero-order valence-electron chi connectivity index (χ0n) is 13.6. The molecule has 1 rings (SSSR count). The molecule has 0 spiro atoms. The van der Waals surface area contributed by atoms with E-state index in [0.717, 1.165) is 12.1 Å². The lowest BCUT2D eigenvalue weighted by Gasteiger charge is -2.36. The minimum Gasteiger partial charge on any atom is -0.478 e. The highest BCUT2D eigenvalue weighted by Gasteiger charge is 2.25. The van der Waals surface area contributed by atoms with E-state index in [4.69, 9.17) is 0 Å². The Balaban J connectivity index is 3.40. The normalized spacial score (nSPS) is 12.3. The average molecular weight is 278 g/mol. The van der Waals surface area contributed by atoms with Crippen molar-refractivity contribution >= 4 is 11.8 Å². The van der Waals surface area contributed by atoms with Crippen molar-refractivity contribution in [2.45, 2.75) is 58.9 Å². The molecular weight excluding hydrogens is 252 g/mol. The summed E-state index contributed by atoms with van der Waals surface area (Å²) in [6.45, 7) is 12.5. The van der Waals surface area contributed by atoms with E-state index in [0.29, 0.717) is 11.4 Å². The van der Waals surface area contributed by atoms with Crippen molar-refractivity contribution in [1.82, 2.24) is 4.98 Å².